The fourth-order valence-corrected chi connectivity index (χ4v) is 1.23. The maximum atomic E-state index is 11.7. The van der Waals surface area contributed by atoms with Gasteiger partial charge in [-0.15, -0.1) is 0 Å². The van der Waals surface area contributed by atoms with Crippen molar-refractivity contribution < 1.29 is 9.53 Å². The van der Waals surface area contributed by atoms with Crippen LogP contribution in [0, 0.1) is 0 Å². The van der Waals surface area contributed by atoms with Crippen LogP contribution in [0.1, 0.15) is 20.3 Å². The Morgan fingerprint density at radius 1 is 1.13 bits per heavy atom. The molecule has 0 fully saturated rings. The van der Waals surface area contributed by atoms with Crippen LogP contribution in [0.3, 0.4) is 0 Å². The second kappa shape index (κ2) is 8.68. The van der Waals surface area contributed by atoms with Crippen molar-refractivity contribution in [2.75, 3.05) is 46.9 Å². The van der Waals surface area contributed by atoms with Gasteiger partial charge in [-0.1, -0.05) is 6.92 Å². The third-order valence-electron chi connectivity index (χ3n) is 2.09. The fourth-order valence-electron chi connectivity index (χ4n) is 1.23. The van der Waals surface area contributed by atoms with E-state index in [1.807, 2.05) is 25.9 Å². The molecule has 15 heavy (non-hydrogen) atoms. The van der Waals surface area contributed by atoms with E-state index >= 15 is 0 Å². The smallest absolute Gasteiger partial charge is 0.248 e. The molecule has 0 aliphatic heterocycles. The zero-order valence-corrected chi connectivity index (χ0v) is 10.5. The molecule has 0 rings (SSSR count). The molecule has 0 aromatic carbocycles. The molecule has 0 atom stereocenters. The van der Waals surface area contributed by atoms with Crippen molar-refractivity contribution >= 4 is 5.91 Å². The van der Waals surface area contributed by atoms with E-state index in [2.05, 4.69) is 11.8 Å². The third-order valence-corrected chi connectivity index (χ3v) is 2.09. The zero-order valence-electron chi connectivity index (χ0n) is 10.5. The largest absolute Gasteiger partial charge is 0.372 e. The van der Waals surface area contributed by atoms with E-state index in [1.54, 1.807) is 0 Å². The average molecular weight is 216 g/mol. The zero-order chi connectivity index (χ0) is 11.7. The molecule has 0 aromatic rings. The van der Waals surface area contributed by atoms with Crippen LogP contribution < -0.4 is 0 Å². The van der Waals surface area contributed by atoms with Gasteiger partial charge in [-0.05, 0) is 27.4 Å². The molecule has 0 saturated heterocycles. The molecular weight excluding hydrogens is 192 g/mol. The Bertz CT molecular complexity index is 172. The first kappa shape index (κ1) is 14.4. The molecule has 1 amide bonds. The van der Waals surface area contributed by atoms with Crippen LogP contribution in [0.2, 0.25) is 0 Å². The van der Waals surface area contributed by atoms with Crippen molar-refractivity contribution in [3.05, 3.63) is 0 Å². The Morgan fingerprint density at radius 3 is 2.27 bits per heavy atom. The Hall–Kier alpha value is -0.610. The van der Waals surface area contributed by atoms with Crippen LogP contribution in [0.25, 0.3) is 0 Å². The summed E-state index contributed by atoms with van der Waals surface area (Å²) in [5.74, 6) is 0.0977. The summed E-state index contributed by atoms with van der Waals surface area (Å²) in [5, 5.41) is 0. The van der Waals surface area contributed by atoms with E-state index in [0.29, 0.717) is 6.61 Å². The molecule has 0 aliphatic carbocycles. The van der Waals surface area contributed by atoms with Gasteiger partial charge in [-0.2, -0.15) is 0 Å². The fraction of sp³-hybridized carbons (Fsp3) is 0.909. The SMILES string of the molecule is CCCN(CCN(C)C)C(=O)COCC. The molecule has 4 nitrogen and oxygen atoms in total. The highest BCUT2D eigenvalue weighted by atomic mass is 16.5. The van der Waals surface area contributed by atoms with Crippen LogP contribution in [0.15, 0.2) is 0 Å². The lowest BCUT2D eigenvalue weighted by Gasteiger charge is -2.23. The topological polar surface area (TPSA) is 32.8 Å². The number of hydrogen-bond acceptors (Lipinski definition) is 3. The van der Waals surface area contributed by atoms with Crippen molar-refractivity contribution in [3.63, 3.8) is 0 Å². The summed E-state index contributed by atoms with van der Waals surface area (Å²) in [6.45, 7) is 7.29. The molecule has 0 aliphatic rings. The Labute approximate surface area is 93.2 Å². The van der Waals surface area contributed by atoms with Crippen molar-refractivity contribution in [1.29, 1.82) is 0 Å². The first-order valence-corrected chi connectivity index (χ1v) is 5.62. The number of carbonyl (C=O) groups is 1. The first-order chi connectivity index (χ1) is 7.11. The Morgan fingerprint density at radius 2 is 1.80 bits per heavy atom. The van der Waals surface area contributed by atoms with E-state index in [1.165, 1.54) is 0 Å². The number of likely N-dealkylation sites (N-methyl/N-ethyl adjacent to an activating group) is 1. The highest BCUT2D eigenvalue weighted by Crippen LogP contribution is 1.94. The van der Waals surface area contributed by atoms with Crippen LogP contribution in [0.5, 0.6) is 0 Å². The van der Waals surface area contributed by atoms with Crippen molar-refractivity contribution in [1.82, 2.24) is 9.80 Å². The summed E-state index contributed by atoms with van der Waals surface area (Å²) in [6, 6.07) is 0. The lowest BCUT2D eigenvalue weighted by molar-refractivity contribution is -0.136. The normalized spacial score (nSPS) is 10.7. The van der Waals surface area contributed by atoms with Crippen molar-refractivity contribution in [2.24, 2.45) is 0 Å². The number of rotatable bonds is 8. The van der Waals surface area contributed by atoms with Crippen LogP contribution in [0.4, 0.5) is 0 Å². The number of nitrogens with zero attached hydrogens (tertiary/aromatic N) is 2. The second-order valence-corrected chi connectivity index (χ2v) is 3.82. The monoisotopic (exact) mass is 216 g/mol. The Kier molecular flexibility index (Phi) is 8.33. The number of hydrogen-bond donors (Lipinski definition) is 0. The summed E-state index contributed by atoms with van der Waals surface area (Å²) in [5.41, 5.74) is 0. The molecule has 0 N–H and O–H groups in total. The molecular formula is C11H24N2O2. The molecule has 0 radical (unpaired) electrons. The van der Waals surface area contributed by atoms with Gasteiger partial charge in [0.05, 0.1) is 0 Å². The summed E-state index contributed by atoms with van der Waals surface area (Å²) in [6.07, 6.45) is 0.991. The van der Waals surface area contributed by atoms with E-state index in [0.717, 1.165) is 26.1 Å². The lowest BCUT2D eigenvalue weighted by Crippen LogP contribution is -2.39. The average Bonchev–Trinajstić information content (AvgIpc) is 2.20. The molecule has 0 saturated carbocycles. The van der Waals surface area contributed by atoms with Crippen LogP contribution in [-0.2, 0) is 9.53 Å². The van der Waals surface area contributed by atoms with Crippen molar-refractivity contribution in [2.45, 2.75) is 20.3 Å². The standard InChI is InChI=1S/C11H24N2O2/c1-5-7-13(9-8-12(3)4)11(14)10-15-6-2/h5-10H2,1-4H3. The van der Waals surface area contributed by atoms with Crippen LogP contribution in [-0.4, -0.2) is 62.7 Å². The van der Waals surface area contributed by atoms with Gasteiger partial charge in [0.15, 0.2) is 0 Å². The molecule has 0 spiro atoms. The van der Waals surface area contributed by atoms with Crippen molar-refractivity contribution in [3.8, 4) is 0 Å². The van der Waals surface area contributed by atoms with E-state index in [4.69, 9.17) is 4.74 Å². The summed E-state index contributed by atoms with van der Waals surface area (Å²) >= 11 is 0. The number of carbonyl (C=O) groups excluding carboxylic acids is 1. The van der Waals surface area contributed by atoms with Gasteiger partial charge >= 0.3 is 0 Å². The predicted octanol–water partition coefficient (Wildman–Crippen LogP) is 0.823. The predicted molar refractivity (Wildman–Crippen MR) is 61.9 cm³/mol. The van der Waals surface area contributed by atoms with Gasteiger partial charge in [0.1, 0.15) is 6.61 Å². The van der Waals surface area contributed by atoms with E-state index in [-0.39, 0.29) is 12.5 Å². The third kappa shape index (κ3) is 7.33. The highest BCUT2D eigenvalue weighted by Gasteiger charge is 2.12. The molecule has 0 aromatic heterocycles. The van der Waals surface area contributed by atoms with Gasteiger partial charge in [0.25, 0.3) is 0 Å². The molecule has 0 bridgehead atoms. The van der Waals surface area contributed by atoms with Gasteiger partial charge in [0, 0.05) is 26.2 Å². The molecule has 0 heterocycles. The summed E-state index contributed by atoms with van der Waals surface area (Å²) < 4.78 is 5.12. The van der Waals surface area contributed by atoms with E-state index < -0.39 is 0 Å². The van der Waals surface area contributed by atoms with Gasteiger partial charge < -0.3 is 14.5 Å². The second-order valence-electron chi connectivity index (χ2n) is 3.82. The van der Waals surface area contributed by atoms with Gasteiger partial charge in [-0.25, -0.2) is 0 Å². The number of amides is 1. The highest BCUT2D eigenvalue weighted by molar-refractivity contribution is 5.77. The van der Waals surface area contributed by atoms with Crippen LogP contribution >= 0.6 is 0 Å². The van der Waals surface area contributed by atoms with E-state index in [9.17, 15) is 4.79 Å². The Balaban J connectivity index is 3.94. The van der Waals surface area contributed by atoms with Gasteiger partial charge in [0.2, 0.25) is 5.91 Å². The summed E-state index contributed by atoms with van der Waals surface area (Å²) in [7, 11) is 4.02. The maximum absolute atomic E-state index is 11.7. The minimum absolute atomic E-state index is 0.0977. The maximum Gasteiger partial charge on any atom is 0.248 e. The van der Waals surface area contributed by atoms with Gasteiger partial charge in [-0.3, -0.25) is 4.79 Å². The first-order valence-electron chi connectivity index (χ1n) is 5.62. The summed E-state index contributed by atoms with van der Waals surface area (Å²) in [4.78, 5) is 15.6. The molecule has 4 heteroatoms. The molecule has 0 unspecified atom stereocenters. The minimum atomic E-state index is 0.0977. The minimum Gasteiger partial charge on any atom is -0.372 e. The number of ether oxygens (including phenoxy) is 1. The molecule has 90 valence electrons. The quantitative estimate of drug-likeness (QED) is 0.602. The lowest BCUT2D eigenvalue weighted by atomic mass is 10.3.